The van der Waals surface area contributed by atoms with Crippen LogP contribution in [0.2, 0.25) is 5.02 Å². The van der Waals surface area contributed by atoms with Crippen LogP contribution in [0.1, 0.15) is 17.5 Å². The summed E-state index contributed by atoms with van der Waals surface area (Å²) in [7, 11) is 0. The van der Waals surface area contributed by atoms with Gasteiger partial charge in [-0.05, 0) is 49.2 Å². The van der Waals surface area contributed by atoms with E-state index in [2.05, 4.69) is 17.0 Å². The third kappa shape index (κ3) is 4.70. The Morgan fingerprint density at radius 1 is 1.08 bits per heavy atom. The summed E-state index contributed by atoms with van der Waals surface area (Å²) in [6.45, 7) is 7.58. The molecule has 0 atom stereocenters. The van der Waals surface area contributed by atoms with Crippen molar-refractivity contribution in [3.05, 3.63) is 58.6 Å². The molecule has 0 spiro atoms. The molecule has 26 heavy (non-hydrogen) atoms. The molecule has 1 amide bonds. The predicted octanol–water partition coefficient (Wildman–Crippen LogP) is 4.07. The largest absolute Gasteiger partial charge is 0.493 e. The van der Waals surface area contributed by atoms with E-state index in [1.54, 1.807) is 0 Å². The van der Waals surface area contributed by atoms with Gasteiger partial charge in [-0.15, -0.1) is 0 Å². The van der Waals surface area contributed by atoms with Crippen molar-refractivity contribution in [3.8, 4) is 5.75 Å². The molecule has 1 aliphatic heterocycles. The zero-order valence-electron chi connectivity index (χ0n) is 15.4. The summed E-state index contributed by atoms with van der Waals surface area (Å²) in [5.41, 5.74) is 3.37. The first-order valence-electron chi connectivity index (χ1n) is 9.01. The van der Waals surface area contributed by atoms with Gasteiger partial charge < -0.3 is 14.5 Å². The summed E-state index contributed by atoms with van der Waals surface area (Å²) in [5, 5.41) is 0.740. The van der Waals surface area contributed by atoms with Crippen LogP contribution < -0.4 is 9.64 Å². The molecule has 0 aromatic heterocycles. The fraction of sp³-hybridized carbons (Fsp3) is 0.381. The summed E-state index contributed by atoms with van der Waals surface area (Å²) in [4.78, 5) is 16.6. The number of carbonyl (C=O) groups excluding carboxylic acids is 1. The van der Waals surface area contributed by atoms with Gasteiger partial charge >= 0.3 is 0 Å². The van der Waals surface area contributed by atoms with Gasteiger partial charge in [0, 0.05) is 36.9 Å². The van der Waals surface area contributed by atoms with E-state index in [1.807, 2.05) is 49.1 Å². The number of hydrogen-bond acceptors (Lipinski definition) is 3. The average Bonchev–Trinajstić information content (AvgIpc) is 2.64. The van der Waals surface area contributed by atoms with Gasteiger partial charge in [0.2, 0.25) is 5.91 Å². The van der Waals surface area contributed by atoms with Crippen LogP contribution in [-0.2, 0) is 4.79 Å². The first-order chi connectivity index (χ1) is 12.5. The monoisotopic (exact) mass is 372 g/mol. The first kappa shape index (κ1) is 18.6. The Bertz CT molecular complexity index is 770. The average molecular weight is 373 g/mol. The number of piperazine rings is 1. The molecule has 0 bridgehead atoms. The molecule has 4 nitrogen and oxygen atoms in total. The lowest BCUT2D eigenvalue weighted by Crippen LogP contribution is -2.49. The Kier molecular flexibility index (Phi) is 6.04. The first-order valence-corrected chi connectivity index (χ1v) is 9.39. The van der Waals surface area contributed by atoms with Crippen molar-refractivity contribution in [2.45, 2.75) is 20.3 Å². The van der Waals surface area contributed by atoms with E-state index in [9.17, 15) is 4.79 Å². The molecule has 1 aliphatic rings. The van der Waals surface area contributed by atoms with Gasteiger partial charge in [-0.3, -0.25) is 4.79 Å². The van der Waals surface area contributed by atoms with E-state index in [1.165, 1.54) is 0 Å². The third-order valence-corrected chi connectivity index (χ3v) is 4.96. The highest BCUT2D eigenvalue weighted by Crippen LogP contribution is 2.21. The van der Waals surface area contributed by atoms with Crippen LogP contribution in [0.15, 0.2) is 42.5 Å². The van der Waals surface area contributed by atoms with Gasteiger partial charge in [0.05, 0.1) is 13.0 Å². The fourth-order valence-corrected chi connectivity index (χ4v) is 3.34. The summed E-state index contributed by atoms with van der Waals surface area (Å²) in [6, 6.07) is 14.0. The number of aryl methyl sites for hydroxylation is 2. The van der Waals surface area contributed by atoms with Crippen molar-refractivity contribution in [2.24, 2.45) is 0 Å². The summed E-state index contributed by atoms with van der Waals surface area (Å²) >= 11 is 6.07. The second kappa shape index (κ2) is 8.45. The molecule has 1 heterocycles. The number of anilines is 1. The van der Waals surface area contributed by atoms with E-state index < -0.39 is 0 Å². The molecule has 0 saturated carbocycles. The number of halogens is 1. The van der Waals surface area contributed by atoms with E-state index in [0.29, 0.717) is 13.0 Å². The minimum Gasteiger partial charge on any atom is -0.493 e. The normalized spacial score (nSPS) is 14.4. The molecule has 0 unspecified atom stereocenters. The minimum atomic E-state index is 0.154. The Balaban J connectivity index is 1.46. The standard InChI is InChI=1S/C21H25ClN2O2/c1-16-6-7-17(2)20(14-16)26-13-8-21(25)24-11-9-23(10-12-24)19-5-3-4-18(22)15-19/h3-7,14-15H,8-13H2,1-2H3. The maximum atomic E-state index is 12.4. The second-order valence-corrected chi connectivity index (χ2v) is 7.15. The zero-order chi connectivity index (χ0) is 18.5. The SMILES string of the molecule is Cc1ccc(C)c(OCCC(=O)N2CCN(c3cccc(Cl)c3)CC2)c1. The highest BCUT2D eigenvalue weighted by Gasteiger charge is 2.21. The molecule has 1 fully saturated rings. The number of ether oxygens (including phenoxy) is 1. The minimum absolute atomic E-state index is 0.154. The summed E-state index contributed by atoms with van der Waals surface area (Å²) in [5.74, 6) is 1.02. The van der Waals surface area contributed by atoms with Crippen molar-refractivity contribution >= 4 is 23.2 Å². The van der Waals surface area contributed by atoms with Crippen LogP contribution in [0.5, 0.6) is 5.75 Å². The Morgan fingerprint density at radius 2 is 1.85 bits per heavy atom. The van der Waals surface area contributed by atoms with E-state index in [-0.39, 0.29) is 5.91 Å². The number of rotatable bonds is 5. The van der Waals surface area contributed by atoms with Gasteiger partial charge in [-0.25, -0.2) is 0 Å². The highest BCUT2D eigenvalue weighted by molar-refractivity contribution is 6.30. The van der Waals surface area contributed by atoms with Crippen LogP contribution in [0, 0.1) is 13.8 Å². The third-order valence-electron chi connectivity index (χ3n) is 4.72. The number of hydrogen-bond donors (Lipinski definition) is 0. The van der Waals surface area contributed by atoms with Crippen molar-refractivity contribution in [1.29, 1.82) is 0 Å². The van der Waals surface area contributed by atoms with Crippen molar-refractivity contribution in [3.63, 3.8) is 0 Å². The number of amides is 1. The molecular formula is C21H25ClN2O2. The Labute approximate surface area is 160 Å². The van der Waals surface area contributed by atoms with Crippen LogP contribution in [0.25, 0.3) is 0 Å². The zero-order valence-corrected chi connectivity index (χ0v) is 16.1. The fourth-order valence-electron chi connectivity index (χ4n) is 3.16. The quantitative estimate of drug-likeness (QED) is 0.793. The predicted molar refractivity (Wildman–Crippen MR) is 106 cm³/mol. The second-order valence-electron chi connectivity index (χ2n) is 6.72. The molecule has 0 N–H and O–H groups in total. The molecule has 2 aromatic rings. The summed E-state index contributed by atoms with van der Waals surface area (Å²) in [6.07, 6.45) is 0.407. The van der Waals surface area contributed by atoms with Gasteiger partial charge in [-0.2, -0.15) is 0 Å². The van der Waals surface area contributed by atoms with Crippen LogP contribution in [-0.4, -0.2) is 43.6 Å². The lowest BCUT2D eigenvalue weighted by atomic mass is 10.1. The maximum absolute atomic E-state index is 12.4. The summed E-state index contributed by atoms with van der Waals surface area (Å²) < 4.78 is 5.81. The molecule has 0 aliphatic carbocycles. The molecule has 138 valence electrons. The number of nitrogens with zero attached hydrogens (tertiary/aromatic N) is 2. The van der Waals surface area contributed by atoms with Crippen LogP contribution in [0.3, 0.4) is 0 Å². The topological polar surface area (TPSA) is 32.8 Å². The molecule has 5 heteroatoms. The lowest BCUT2D eigenvalue weighted by molar-refractivity contribution is -0.132. The van der Waals surface area contributed by atoms with Crippen molar-refractivity contribution in [1.82, 2.24) is 4.90 Å². The lowest BCUT2D eigenvalue weighted by Gasteiger charge is -2.36. The molecule has 1 saturated heterocycles. The number of benzene rings is 2. The maximum Gasteiger partial charge on any atom is 0.226 e. The molecule has 2 aromatic carbocycles. The van der Waals surface area contributed by atoms with E-state index in [0.717, 1.165) is 53.8 Å². The van der Waals surface area contributed by atoms with Crippen LogP contribution >= 0.6 is 11.6 Å². The van der Waals surface area contributed by atoms with Gasteiger partial charge in [0.1, 0.15) is 5.75 Å². The van der Waals surface area contributed by atoms with Crippen molar-refractivity contribution in [2.75, 3.05) is 37.7 Å². The molecule has 0 radical (unpaired) electrons. The molecule has 3 rings (SSSR count). The van der Waals surface area contributed by atoms with Crippen LogP contribution in [0.4, 0.5) is 5.69 Å². The van der Waals surface area contributed by atoms with E-state index in [4.69, 9.17) is 16.3 Å². The van der Waals surface area contributed by atoms with E-state index >= 15 is 0 Å². The van der Waals surface area contributed by atoms with Gasteiger partial charge in [-0.1, -0.05) is 29.8 Å². The number of carbonyl (C=O) groups is 1. The van der Waals surface area contributed by atoms with Gasteiger partial charge in [0.15, 0.2) is 0 Å². The van der Waals surface area contributed by atoms with Gasteiger partial charge in [0.25, 0.3) is 0 Å². The Hall–Kier alpha value is -2.20. The smallest absolute Gasteiger partial charge is 0.226 e. The molecular weight excluding hydrogens is 348 g/mol. The van der Waals surface area contributed by atoms with Crippen molar-refractivity contribution < 1.29 is 9.53 Å². The Morgan fingerprint density at radius 3 is 2.58 bits per heavy atom. The highest BCUT2D eigenvalue weighted by atomic mass is 35.5.